The molecule has 5 nitrogen and oxygen atoms in total. The van der Waals surface area contributed by atoms with Gasteiger partial charge >= 0.3 is 0 Å². The second-order valence-electron chi connectivity index (χ2n) is 6.22. The standard InChI is InChI=1S/C18H25N5/c1-3-16-20-13(2)12-18(23-16)22-15-9-7-14(8-10-15)21-17-6-4-5-11-19-17/h4-6,11-12,14-15H,3,7-10H2,1-2H3,(H,19,21)(H,20,22,23). The van der Waals surface area contributed by atoms with Crippen molar-refractivity contribution < 1.29 is 0 Å². The van der Waals surface area contributed by atoms with Gasteiger partial charge in [0.25, 0.3) is 0 Å². The molecule has 1 saturated carbocycles. The Balaban J connectivity index is 1.52. The quantitative estimate of drug-likeness (QED) is 0.883. The van der Waals surface area contributed by atoms with Gasteiger partial charge in [-0.3, -0.25) is 0 Å². The van der Waals surface area contributed by atoms with Gasteiger partial charge in [-0.05, 0) is 44.7 Å². The lowest BCUT2D eigenvalue weighted by molar-refractivity contribution is 0.427. The summed E-state index contributed by atoms with van der Waals surface area (Å²) in [5, 5.41) is 7.11. The van der Waals surface area contributed by atoms with Crippen LogP contribution in [0.3, 0.4) is 0 Å². The van der Waals surface area contributed by atoms with Crippen LogP contribution in [0.4, 0.5) is 11.6 Å². The lowest BCUT2D eigenvalue weighted by Gasteiger charge is -2.30. The Bertz CT molecular complexity index is 621. The number of hydrogen-bond acceptors (Lipinski definition) is 5. The average molecular weight is 311 g/mol. The number of aryl methyl sites for hydroxylation is 2. The normalized spacial score (nSPS) is 21.0. The Labute approximate surface area is 138 Å². The number of hydrogen-bond donors (Lipinski definition) is 2. The van der Waals surface area contributed by atoms with Gasteiger partial charge in [-0.1, -0.05) is 13.0 Å². The average Bonchev–Trinajstić information content (AvgIpc) is 2.57. The summed E-state index contributed by atoms with van der Waals surface area (Å²) < 4.78 is 0. The van der Waals surface area contributed by atoms with Crippen LogP contribution in [-0.2, 0) is 6.42 Å². The van der Waals surface area contributed by atoms with E-state index in [-0.39, 0.29) is 0 Å². The molecule has 122 valence electrons. The minimum absolute atomic E-state index is 0.496. The van der Waals surface area contributed by atoms with Crippen LogP contribution in [0.5, 0.6) is 0 Å². The van der Waals surface area contributed by atoms with Gasteiger partial charge in [0.05, 0.1) is 0 Å². The van der Waals surface area contributed by atoms with Crippen molar-refractivity contribution in [3.8, 4) is 0 Å². The highest BCUT2D eigenvalue weighted by atomic mass is 15.1. The van der Waals surface area contributed by atoms with Gasteiger partial charge in [-0.25, -0.2) is 15.0 Å². The highest BCUT2D eigenvalue weighted by Gasteiger charge is 2.21. The van der Waals surface area contributed by atoms with Crippen LogP contribution < -0.4 is 10.6 Å². The molecule has 0 aromatic carbocycles. The van der Waals surface area contributed by atoms with E-state index < -0.39 is 0 Å². The van der Waals surface area contributed by atoms with Crippen molar-refractivity contribution in [2.24, 2.45) is 0 Å². The maximum atomic E-state index is 4.59. The van der Waals surface area contributed by atoms with Gasteiger partial charge < -0.3 is 10.6 Å². The molecule has 0 spiro atoms. The minimum Gasteiger partial charge on any atom is -0.367 e. The molecule has 23 heavy (non-hydrogen) atoms. The van der Waals surface area contributed by atoms with E-state index >= 15 is 0 Å². The number of pyridine rings is 1. The molecule has 1 aliphatic carbocycles. The highest BCUT2D eigenvalue weighted by Crippen LogP contribution is 2.24. The second-order valence-corrected chi connectivity index (χ2v) is 6.22. The predicted molar refractivity (Wildman–Crippen MR) is 93.7 cm³/mol. The molecule has 1 fully saturated rings. The summed E-state index contributed by atoms with van der Waals surface area (Å²) in [5.41, 5.74) is 1.03. The van der Waals surface area contributed by atoms with Crippen LogP contribution in [0.15, 0.2) is 30.5 Å². The van der Waals surface area contributed by atoms with Crippen LogP contribution in [0.25, 0.3) is 0 Å². The molecule has 0 saturated heterocycles. The lowest BCUT2D eigenvalue weighted by atomic mass is 9.91. The van der Waals surface area contributed by atoms with Crippen LogP contribution in [-0.4, -0.2) is 27.0 Å². The van der Waals surface area contributed by atoms with Crippen LogP contribution in [0.2, 0.25) is 0 Å². The molecule has 1 aliphatic rings. The molecule has 0 aliphatic heterocycles. The molecule has 2 aromatic heterocycles. The Hall–Kier alpha value is -2.17. The maximum Gasteiger partial charge on any atom is 0.130 e. The Morgan fingerprint density at radius 2 is 1.70 bits per heavy atom. The van der Waals surface area contributed by atoms with Crippen molar-refractivity contribution in [1.82, 2.24) is 15.0 Å². The molecule has 2 heterocycles. The van der Waals surface area contributed by atoms with E-state index in [1.165, 1.54) is 0 Å². The largest absolute Gasteiger partial charge is 0.367 e. The summed E-state index contributed by atoms with van der Waals surface area (Å²) in [7, 11) is 0. The zero-order valence-electron chi connectivity index (χ0n) is 13.9. The number of rotatable bonds is 5. The molecule has 2 aromatic rings. The van der Waals surface area contributed by atoms with Crippen LogP contribution >= 0.6 is 0 Å². The summed E-state index contributed by atoms with van der Waals surface area (Å²) in [6.07, 6.45) is 7.30. The summed E-state index contributed by atoms with van der Waals surface area (Å²) in [5.74, 6) is 2.86. The van der Waals surface area contributed by atoms with Crippen molar-refractivity contribution in [1.29, 1.82) is 0 Å². The summed E-state index contributed by atoms with van der Waals surface area (Å²) >= 11 is 0. The summed E-state index contributed by atoms with van der Waals surface area (Å²) in [6, 6.07) is 9.04. The van der Waals surface area contributed by atoms with E-state index in [0.29, 0.717) is 12.1 Å². The van der Waals surface area contributed by atoms with Gasteiger partial charge in [0.15, 0.2) is 0 Å². The van der Waals surface area contributed by atoms with Crippen molar-refractivity contribution in [3.05, 3.63) is 42.0 Å². The number of nitrogens with one attached hydrogen (secondary N) is 2. The Morgan fingerprint density at radius 3 is 2.30 bits per heavy atom. The first-order chi connectivity index (χ1) is 11.2. The molecular formula is C18H25N5. The fourth-order valence-electron chi connectivity index (χ4n) is 3.11. The first kappa shape index (κ1) is 15.7. The van der Waals surface area contributed by atoms with Crippen molar-refractivity contribution in [2.45, 2.75) is 58.0 Å². The van der Waals surface area contributed by atoms with E-state index in [0.717, 1.165) is 55.3 Å². The third kappa shape index (κ3) is 4.41. The third-order valence-corrected chi connectivity index (χ3v) is 4.31. The van der Waals surface area contributed by atoms with E-state index in [9.17, 15) is 0 Å². The predicted octanol–water partition coefficient (Wildman–Crippen LogP) is 3.58. The number of nitrogens with zero attached hydrogens (tertiary/aromatic N) is 3. The topological polar surface area (TPSA) is 62.7 Å². The molecule has 0 radical (unpaired) electrons. The fourth-order valence-corrected chi connectivity index (χ4v) is 3.11. The van der Waals surface area contributed by atoms with Crippen molar-refractivity contribution in [2.75, 3.05) is 10.6 Å². The Morgan fingerprint density at radius 1 is 1.00 bits per heavy atom. The van der Waals surface area contributed by atoms with E-state index in [4.69, 9.17) is 0 Å². The van der Waals surface area contributed by atoms with Gasteiger partial charge in [0.2, 0.25) is 0 Å². The lowest BCUT2D eigenvalue weighted by Crippen LogP contribution is -2.32. The third-order valence-electron chi connectivity index (χ3n) is 4.31. The number of anilines is 2. The summed E-state index contributed by atoms with van der Waals surface area (Å²) in [4.78, 5) is 13.4. The molecule has 2 N–H and O–H groups in total. The fraction of sp³-hybridized carbons (Fsp3) is 0.500. The van der Waals surface area contributed by atoms with E-state index in [2.05, 4.69) is 32.5 Å². The van der Waals surface area contributed by atoms with Gasteiger partial charge in [0.1, 0.15) is 17.5 Å². The molecule has 0 atom stereocenters. The molecule has 5 heteroatoms. The smallest absolute Gasteiger partial charge is 0.130 e. The molecule has 0 unspecified atom stereocenters. The van der Waals surface area contributed by atoms with Crippen molar-refractivity contribution in [3.63, 3.8) is 0 Å². The van der Waals surface area contributed by atoms with Crippen LogP contribution in [0, 0.1) is 6.92 Å². The van der Waals surface area contributed by atoms with Crippen LogP contribution in [0.1, 0.15) is 44.1 Å². The first-order valence-electron chi connectivity index (χ1n) is 8.51. The SMILES string of the molecule is CCc1nc(C)cc(NC2CCC(Nc3ccccn3)CC2)n1. The first-order valence-corrected chi connectivity index (χ1v) is 8.51. The van der Waals surface area contributed by atoms with E-state index in [1.807, 2.05) is 37.4 Å². The van der Waals surface area contributed by atoms with Crippen molar-refractivity contribution >= 4 is 11.6 Å². The Kier molecular flexibility index (Phi) is 5.05. The molecule has 0 bridgehead atoms. The highest BCUT2D eigenvalue weighted by molar-refractivity contribution is 5.38. The van der Waals surface area contributed by atoms with Gasteiger partial charge in [-0.2, -0.15) is 0 Å². The van der Waals surface area contributed by atoms with E-state index in [1.54, 1.807) is 0 Å². The zero-order chi connectivity index (χ0) is 16.1. The van der Waals surface area contributed by atoms with Gasteiger partial charge in [-0.15, -0.1) is 0 Å². The molecule has 3 rings (SSSR count). The number of aromatic nitrogens is 3. The minimum atomic E-state index is 0.496. The zero-order valence-corrected chi connectivity index (χ0v) is 13.9. The molecular weight excluding hydrogens is 286 g/mol. The monoisotopic (exact) mass is 311 g/mol. The maximum absolute atomic E-state index is 4.59. The van der Waals surface area contributed by atoms with Gasteiger partial charge in [0, 0.05) is 36.5 Å². The summed E-state index contributed by atoms with van der Waals surface area (Å²) in [6.45, 7) is 4.12. The molecule has 0 amide bonds. The second kappa shape index (κ2) is 7.40.